The summed E-state index contributed by atoms with van der Waals surface area (Å²) in [6, 6.07) is 6.56. The lowest BCUT2D eigenvalue weighted by atomic mass is 10.0. The highest BCUT2D eigenvalue weighted by molar-refractivity contribution is 9.10. The number of halogens is 1. The van der Waals surface area contributed by atoms with Crippen LogP contribution in [-0.2, 0) is 6.42 Å². The molecule has 106 valence electrons. The summed E-state index contributed by atoms with van der Waals surface area (Å²) in [7, 11) is 0. The number of aryl methyl sites for hydroxylation is 1. The highest BCUT2D eigenvalue weighted by Gasteiger charge is 2.20. The number of nitrogens with zero attached hydrogens (tertiary/aromatic N) is 2. The van der Waals surface area contributed by atoms with Gasteiger partial charge in [-0.25, -0.2) is 4.98 Å². The second kappa shape index (κ2) is 6.37. The molecule has 1 aromatic carbocycles. The lowest BCUT2D eigenvalue weighted by molar-refractivity contribution is 0.252. The molecule has 0 spiro atoms. The maximum atomic E-state index is 5.69. The van der Waals surface area contributed by atoms with Crippen LogP contribution in [0.3, 0.4) is 0 Å². The van der Waals surface area contributed by atoms with Crippen LogP contribution in [-0.4, -0.2) is 28.3 Å². The minimum Gasteiger partial charge on any atom is -0.493 e. The third kappa shape index (κ3) is 3.19. The fourth-order valence-corrected chi connectivity index (χ4v) is 2.84. The van der Waals surface area contributed by atoms with E-state index in [2.05, 4.69) is 42.5 Å². The van der Waals surface area contributed by atoms with Gasteiger partial charge in [-0.05, 0) is 31.2 Å². The van der Waals surface area contributed by atoms with E-state index >= 15 is 0 Å². The summed E-state index contributed by atoms with van der Waals surface area (Å²) in [4.78, 5) is 4.13. The Labute approximate surface area is 126 Å². The third-order valence-corrected chi connectivity index (χ3v) is 3.95. The molecule has 1 aliphatic heterocycles. The van der Waals surface area contributed by atoms with Gasteiger partial charge in [-0.15, -0.1) is 0 Å². The van der Waals surface area contributed by atoms with Crippen LogP contribution in [0.4, 0.5) is 0 Å². The average Bonchev–Trinajstić information content (AvgIpc) is 2.97. The summed E-state index contributed by atoms with van der Waals surface area (Å²) < 4.78 is 6.78. The zero-order chi connectivity index (χ0) is 13.8. The van der Waals surface area contributed by atoms with Crippen LogP contribution in [0.1, 0.15) is 30.3 Å². The van der Waals surface area contributed by atoms with Crippen LogP contribution in [0, 0.1) is 0 Å². The zero-order valence-electron chi connectivity index (χ0n) is 11.1. The maximum Gasteiger partial charge on any atom is 0.137 e. The fraction of sp³-hybridized carbons (Fsp3) is 0.429. The molecule has 0 bridgehead atoms. The van der Waals surface area contributed by atoms with E-state index in [4.69, 9.17) is 4.74 Å². The molecular weight excluding hydrogens is 320 g/mol. The minimum atomic E-state index is 0.367. The molecule has 20 heavy (non-hydrogen) atoms. The molecule has 2 aromatic rings. The molecule has 0 aliphatic carbocycles. The molecule has 0 radical (unpaired) electrons. The van der Waals surface area contributed by atoms with Crippen molar-refractivity contribution in [1.82, 2.24) is 20.5 Å². The monoisotopic (exact) mass is 336 g/mol. The first-order valence-corrected chi connectivity index (χ1v) is 7.62. The average molecular weight is 337 g/mol. The van der Waals surface area contributed by atoms with Crippen molar-refractivity contribution in [2.24, 2.45) is 0 Å². The summed E-state index contributed by atoms with van der Waals surface area (Å²) in [5, 5.41) is 10.3. The quantitative estimate of drug-likeness (QED) is 0.824. The van der Waals surface area contributed by atoms with Crippen molar-refractivity contribution in [3.8, 4) is 5.75 Å². The SMILES string of the molecule is Brc1ccc2c(c1)C(NCCCc1ncn[nH]1)CCO2. The van der Waals surface area contributed by atoms with Gasteiger partial charge in [-0.3, -0.25) is 5.10 Å². The van der Waals surface area contributed by atoms with Crippen molar-refractivity contribution in [2.75, 3.05) is 13.2 Å². The van der Waals surface area contributed by atoms with Crippen molar-refractivity contribution in [2.45, 2.75) is 25.3 Å². The van der Waals surface area contributed by atoms with Crippen LogP contribution in [0.2, 0.25) is 0 Å². The number of benzene rings is 1. The Morgan fingerprint density at radius 3 is 3.25 bits per heavy atom. The number of rotatable bonds is 5. The van der Waals surface area contributed by atoms with E-state index in [9.17, 15) is 0 Å². The molecule has 1 aromatic heterocycles. The van der Waals surface area contributed by atoms with Crippen LogP contribution in [0.25, 0.3) is 0 Å². The second-order valence-corrected chi connectivity index (χ2v) is 5.78. The maximum absolute atomic E-state index is 5.69. The first kappa shape index (κ1) is 13.6. The molecule has 1 unspecified atom stereocenters. The van der Waals surface area contributed by atoms with Gasteiger partial charge in [-0.2, -0.15) is 5.10 Å². The smallest absolute Gasteiger partial charge is 0.137 e. The Morgan fingerprint density at radius 1 is 1.45 bits per heavy atom. The normalized spacial score (nSPS) is 17.6. The number of ether oxygens (including phenoxy) is 1. The summed E-state index contributed by atoms with van der Waals surface area (Å²) >= 11 is 3.52. The predicted octanol–water partition coefficient (Wildman–Crippen LogP) is 2.61. The molecule has 0 saturated carbocycles. The van der Waals surface area contributed by atoms with Crippen LogP contribution in [0.15, 0.2) is 29.0 Å². The van der Waals surface area contributed by atoms with E-state index < -0.39 is 0 Å². The van der Waals surface area contributed by atoms with Crippen molar-refractivity contribution < 1.29 is 4.74 Å². The Hall–Kier alpha value is -1.40. The summed E-state index contributed by atoms with van der Waals surface area (Å²) in [6.07, 6.45) is 4.51. The Morgan fingerprint density at radius 2 is 2.40 bits per heavy atom. The molecule has 1 atom stereocenters. The molecule has 0 saturated heterocycles. The number of aromatic amines is 1. The second-order valence-electron chi connectivity index (χ2n) is 4.86. The number of nitrogens with one attached hydrogen (secondary N) is 2. The number of aromatic nitrogens is 3. The van der Waals surface area contributed by atoms with E-state index in [-0.39, 0.29) is 0 Å². The molecule has 0 amide bonds. The van der Waals surface area contributed by atoms with Crippen LogP contribution < -0.4 is 10.1 Å². The van der Waals surface area contributed by atoms with E-state index in [0.29, 0.717) is 6.04 Å². The molecule has 0 fully saturated rings. The van der Waals surface area contributed by atoms with Gasteiger partial charge in [0.15, 0.2) is 0 Å². The summed E-state index contributed by atoms with van der Waals surface area (Å²) in [5.41, 5.74) is 1.24. The topological polar surface area (TPSA) is 62.8 Å². The van der Waals surface area contributed by atoms with Crippen molar-refractivity contribution >= 4 is 15.9 Å². The first-order valence-electron chi connectivity index (χ1n) is 6.83. The largest absolute Gasteiger partial charge is 0.493 e. The standard InChI is InChI=1S/C14H17BrN4O/c15-10-3-4-13-11(8-10)12(5-7-20-13)16-6-1-2-14-17-9-18-19-14/h3-4,8-9,12,16H,1-2,5-7H2,(H,17,18,19). The number of hydrogen-bond acceptors (Lipinski definition) is 4. The predicted molar refractivity (Wildman–Crippen MR) is 79.7 cm³/mol. The van der Waals surface area contributed by atoms with E-state index in [0.717, 1.165) is 48.5 Å². The van der Waals surface area contributed by atoms with Crippen molar-refractivity contribution in [3.05, 3.63) is 40.4 Å². The molecule has 5 nitrogen and oxygen atoms in total. The van der Waals surface area contributed by atoms with Gasteiger partial charge < -0.3 is 10.1 Å². The van der Waals surface area contributed by atoms with Crippen molar-refractivity contribution in [1.29, 1.82) is 0 Å². The molecule has 3 rings (SSSR count). The Balaban J connectivity index is 1.55. The molecular formula is C14H17BrN4O. The van der Waals surface area contributed by atoms with Gasteiger partial charge in [0, 0.05) is 28.9 Å². The summed E-state index contributed by atoms with van der Waals surface area (Å²) in [6.45, 7) is 1.73. The molecule has 2 N–H and O–H groups in total. The summed E-state index contributed by atoms with van der Waals surface area (Å²) in [5.74, 6) is 1.94. The highest BCUT2D eigenvalue weighted by atomic mass is 79.9. The molecule has 1 aliphatic rings. The van der Waals surface area contributed by atoms with Gasteiger partial charge in [0.05, 0.1) is 6.61 Å². The van der Waals surface area contributed by atoms with Gasteiger partial charge in [0.25, 0.3) is 0 Å². The zero-order valence-corrected chi connectivity index (χ0v) is 12.7. The lowest BCUT2D eigenvalue weighted by Crippen LogP contribution is -2.28. The van der Waals surface area contributed by atoms with Crippen molar-refractivity contribution in [3.63, 3.8) is 0 Å². The minimum absolute atomic E-state index is 0.367. The van der Waals surface area contributed by atoms with Gasteiger partial charge in [-0.1, -0.05) is 15.9 Å². The fourth-order valence-electron chi connectivity index (χ4n) is 2.46. The van der Waals surface area contributed by atoms with Crippen LogP contribution >= 0.6 is 15.9 Å². The number of hydrogen-bond donors (Lipinski definition) is 2. The highest BCUT2D eigenvalue weighted by Crippen LogP contribution is 2.33. The van der Waals surface area contributed by atoms with E-state index in [1.165, 1.54) is 5.56 Å². The lowest BCUT2D eigenvalue weighted by Gasteiger charge is -2.27. The molecule has 2 heterocycles. The number of H-pyrrole nitrogens is 1. The molecule has 6 heteroatoms. The Bertz CT molecular complexity index is 558. The van der Waals surface area contributed by atoms with Crippen LogP contribution in [0.5, 0.6) is 5.75 Å². The van der Waals surface area contributed by atoms with E-state index in [1.807, 2.05) is 12.1 Å². The first-order chi connectivity index (χ1) is 9.83. The van der Waals surface area contributed by atoms with Gasteiger partial charge >= 0.3 is 0 Å². The Kier molecular flexibility index (Phi) is 4.32. The third-order valence-electron chi connectivity index (χ3n) is 3.46. The van der Waals surface area contributed by atoms with E-state index in [1.54, 1.807) is 6.33 Å². The number of fused-ring (bicyclic) bond motifs is 1. The van der Waals surface area contributed by atoms with Gasteiger partial charge in [0.2, 0.25) is 0 Å². The van der Waals surface area contributed by atoms with Gasteiger partial charge in [0.1, 0.15) is 17.9 Å².